The van der Waals surface area contributed by atoms with Crippen molar-refractivity contribution in [3.8, 4) is 5.75 Å². The van der Waals surface area contributed by atoms with Crippen LogP contribution in [0.1, 0.15) is 30.6 Å². The van der Waals surface area contributed by atoms with Crippen LogP contribution in [-0.2, 0) is 16.0 Å². The number of nitrogens with one attached hydrogen (secondary N) is 1. The van der Waals surface area contributed by atoms with Gasteiger partial charge in [0.2, 0.25) is 5.91 Å². The number of methoxy groups -OCH3 is 1. The molecule has 0 saturated carbocycles. The Kier molecular flexibility index (Phi) is 6.49. The Labute approximate surface area is 159 Å². The van der Waals surface area contributed by atoms with Crippen molar-refractivity contribution in [3.63, 3.8) is 0 Å². The maximum atomic E-state index is 12.2. The van der Waals surface area contributed by atoms with Crippen LogP contribution in [0.2, 0.25) is 0 Å². The molecule has 3 aromatic rings. The molecule has 5 heteroatoms. The highest BCUT2D eigenvalue weighted by molar-refractivity contribution is 5.88. The highest BCUT2D eigenvalue weighted by atomic mass is 16.5. The van der Waals surface area contributed by atoms with Crippen LogP contribution in [-0.4, -0.2) is 26.2 Å². The summed E-state index contributed by atoms with van der Waals surface area (Å²) in [6.45, 7) is 3.22. The van der Waals surface area contributed by atoms with Crippen molar-refractivity contribution < 1.29 is 18.7 Å². The Morgan fingerprint density at radius 2 is 2.00 bits per heavy atom. The summed E-state index contributed by atoms with van der Waals surface area (Å²) in [7, 11) is 1.61. The summed E-state index contributed by atoms with van der Waals surface area (Å²) in [6, 6.07) is 15.7. The number of carbonyl (C=O) groups excluding carboxylic acids is 1. The maximum Gasteiger partial charge on any atom is 0.224 e. The van der Waals surface area contributed by atoms with Gasteiger partial charge in [0.25, 0.3) is 0 Å². The molecule has 27 heavy (non-hydrogen) atoms. The van der Waals surface area contributed by atoms with E-state index >= 15 is 0 Å². The van der Waals surface area contributed by atoms with E-state index in [1.54, 1.807) is 13.4 Å². The SMILES string of the molecule is COc1ccc2c(CC(=O)NCCCOC(C)c3ccccc3)coc2c1. The molecule has 1 N–H and O–H groups in total. The zero-order valence-electron chi connectivity index (χ0n) is 15.7. The third-order valence-corrected chi connectivity index (χ3v) is 4.49. The van der Waals surface area contributed by atoms with Crippen LogP contribution in [0.3, 0.4) is 0 Å². The number of amides is 1. The molecule has 0 spiro atoms. The molecule has 0 fully saturated rings. The van der Waals surface area contributed by atoms with Gasteiger partial charge in [0.05, 0.1) is 25.9 Å². The number of fused-ring (bicyclic) bond motifs is 1. The molecule has 1 amide bonds. The summed E-state index contributed by atoms with van der Waals surface area (Å²) < 4.78 is 16.5. The van der Waals surface area contributed by atoms with Crippen LogP contribution in [0.25, 0.3) is 11.0 Å². The standard InChI is InChI=1S/C22H25NO4/c1-16(17-7-4-3-5-8-17)26-12-6-11-23-22(24)13-18-15-27-21-14-19(25-2)9-10-20(18)21/h3-5,7-10,14-16H,6,11-13H2,1-2H3,(H,23,24). The lowest BCUT2D eigenvalue weighted by atomic mass is 10.1. The van der Waals surface area contributed by atoms with Gasteiger partial charge in [0.15, 0.2) is 0 Å². The minimum atomic E-state index is -0.0235. The summed E-state index contributed by atoms with van der Waals surface area (Å²) in [6.07, 6.45) is 2.75. The molecule has 2 aromatic carbocycles. The Morgan fingerprint density at radius 3 is 2.78 bits per heavy atom. The highest BCUT2D eigenvalue weighted by Crippen LogP contribution is 2.25. The number of carbonyl (C=O) groups is 1. The molecule has 0 radical (unpaired) electrons. The second-order valence-corrected chi connectivity index (χ2v) is 6.43. The Hall–Kier alpha value is -2.79. The van der Waals surface area contributed by atoms with Gasteiger partial charge >= 0.3 is 0 Å². The number of furan rings is 1. The molecule has 3 rings (SSSR count). The molecule has 1 atom stereocenters. The maximum absolute atomic E-state index is 12.2. The third-order valence-electron chi connectivity index (χ3n) is 4.49. The molecule has 0 bridgehead atoms. The van der Waals surface area contributed by atoms with Crippen molar-refractivity contribution in [1.82, 2.24) is 5.32 Å². The molecule has 5 nitrogen and oxygen atoms in total. The number of ether oxygens (including phenoxy) is 2. The van der Waals surface area contributed by atoms with E-state index in [1.165, 1.54) is 0 Å². The fourth-order valence-electron chi connectivity index (χ4n) is 2.94. The van der Waals surface area contributed by atoms with Crippen molar-refractivity contribution in [2.24, 2.45) is 0 Å². The van der Waals surface area contributed by atoms with Crippen molar-refractivity contribution in [3.05, 3.63) is 65.9 Å². The van der Waals surface area contributed by atoms with Crippen molar-refractivity contribution in [2.45, 2.75) is 25.9 Å². The van der Waals surface area contributed by atoms with Crippen molar-refractivity contribution in [1.29, 1.82) is 0 Å². The zero-order valence-corrected chi connectivity index (χ0v) is 15.7. The van der Waals surface area contributed by atoms with Crippen LogP contribution in [0.4, 0.5) is 0 Å². The van der Waals surface area contributed by atoms with E-state index in [4.69, 9.17) is 13.9 Å². The minimum Gasteiger partial charge on any atom is -0.497 e. The van der Waals surface area contributed by atoms with Crippen LogP contribution in [0.15, 0.2) is 59.2 Å². The smallest absolute Gasteiger partial charge is 0.224 e. The number of hydrogen-bond acceptors (Lipinski definition) is 4. The first-order chi connectivity index (χ1) is 13.2. The Balaban J connectivity index is 1.40. The highest BCUT2D eigenvalue weighted by Gasteiger charge is 2.11. The quantitative estimate of drug-likeness (QED) is 0.574. The fraction of sp³-hybridized carbons (Fsp3) is 0.318. The predicted octanol–water partition coefficient (Wildman–Crippen LogP) is 4.27. The van der Waals surface area contributed by atoms with Crippen LogP contribution in [0, 0.1) is 0 Å². The molecule has 1 heterocycles. The molecule has 0 aliphatic rings. The summed E-state index contributed by atoms with van der Waals surface area (Å²) in [5.41, 5.74) is 2.75. The summed E-state index contributed by atoms with van der Waals surface area (Å²) in [5, 5.41) is 3.87. The molecular weight excluding hydrogens is 342 g/mol. The summed E-state index contributed by atoms with van der Waals surface area (Å²) >= 11 is 0. The van der Waals surface area contributed by atoms with E-state index in [0.717, 1.165) is 34.3 Å². The lowest BCUT2D eigenvalue weighted by Crippen LogP contribution is -2.26. The van der Waals surface area contributed by atoms with E-state index in [1.807, 2.05) is 43.3 Å². The van der Waals surface area contributed by atoms with Gasteiger partial charge < -0.3 is 19.2 Å². The van der Waals surface area contributed by atoms with Gasteiger partial charge in [0.1, 0.15) is 11.3 Å². The molecule has 142 valence electrons. The zero-order chi connectivity index (χ0) is 19.1. The molecule has 0 saturated heterocycles. The number of hydrogen-bond donors (Lipinski definition) is 1. The van der Waals surface area contributed by atoms with E-state index in [2.05, 4.69) is 17.4 Å². The number of benzene rings is 2. The second-order valence-electron chi connectivity index (χ2n) is 6.43. The van der Waals surface area contributed by atoms with Crippen LogP contribution < -0.4 is 10.1 Å². The average Bonchev–Trinajstić information content (AvgIpc) is 3.10. The molecule has 1 unspecified atom stereocenters. The topological polar surface area (TPSA) is 60.7 Å². The van der Waals surface area contributed by atoms with Gasteiger partial charge in [-0.3, -0.25) is 4.79 Å². The first-order valence-electron chi connectivity index (χ1n) is 9.14. The van der Waals surface area contributed by atoms with Crippen LogP contribution >= 0.6 is 0 Å². The van der Waals surface area contributed by atoms with Gasteiger partial charge in [-0.05, 0) is 31.0 Å². The lowest BCUT2D eigenvalue weighted by molar-refractivity contribution is -0.120. The monoisotopic (exact) mass is 367 g/mol. The van der Waals surface area contributed by atoms with Crippen LogP contribution in [0.5, 0.6) is 5.75 Å². The van der Waals surface area contributed by atoms with Gasteiger partial charge in [-0.25, -0.2) is 0 Å². The minimum absolute atomic E-state index is 0.0235. The average molecular weight is 367 g/mol. The third kappa shape index (κ3) is 5.11. The first-order valence-corrected chi connectivity index (χ1v) is 9.14. The fourth-order valence-corrected chi connectivity index (χ4v) is 2.94. The molecule has 0 aliphatic heterocycles. The summed E-state index contributed by atoms with van der Waals surface area (Å²) in [5.74, 6) is 0.710. The van der Waals surface area contributed by atoms with Crippen molar-refractivity contribution >= 4 is 16.9 Å². The normalized spacial score (nSPS) is 12.1. The molecular formula is C22H25NO4. The second kappa shape index (κ2) is 9.24. The largest absolute Gasteiger partial charge is 0.497 e. The summed E-state index contributed by atoms with van der Waals surface area (Å²) in [4.78, 5) is 12.2. The van der Waals surface area contributed by atoms with E-state index in [-0.39, 0.29) is 12.0 Å². The van der Waals surface area contributed by atoms with Gasteiger partial charge in [0, 0.05) is 30.2 Å². The Morgan fingerprint density at radius 1 is 1.19 bits per heavy atom. The van der Waals surface area contributed by atoms with Gasteiger partial charge in [-0.1, -0.05) is 30.3 Å². The number of rotatable bonds is 9. The Bertz CT molecular complexity index is 872. The van der Waals surface area contributed by atoms with E-state index < -0.39 is 0 Å². The van der Waals surface area contributed by atoms with Gasteiger partial charge in [-0.2, -0.15) is 0 Å². The van der Waals surface area contributed by atoms with Crippen molar-refractivity contribution in [2.75, 3.05) is 20.3 Å². The molecule has 1 aromatic heterocycles. The predicted molar refractivity (Wildman–Crippen MR) is 105 cm³/mol. The first kappa shape index (κ1) is 19.0. The van der Waals surface area contributed by atoms with Gasteiger partial charge in [-0.15, -0.1) is 0 Å². The van der Waals surface area contributed by atoms with E-state index in [9.17, 15) is 4.79 Å². The van der Waals surface area contributed by atoms with E-state index in [0.29, 0.717) is 19.6 Å². The molecule has 0 aliphatic carbocycles. The lowest BCUT2D eigenvalue weighted by Gasteiger charge is -2.13.